The minimum absolute atomic E-state index is 0.820. The van der Waals surface area contributed by atoms with Crippen LogP contribution in [-0.4, -0.2) is 48.1 Å². The average molecular weight is 224 g/mol. The Bertz CT molecular complexity index is 199. The van der Waals surface area contributed by atoms with E-state index in [0.717, 1.165) is 12.1 Å². The molecule has 2 aliphatic rings. The van der Waals surface area contributed by atoms with Gasteiger partial charge in [-0.2, -0.15) is 0 Å². The summed E-state index contributed by atoms with van der Waals surface area (Å²) in [5, 5.41) is 0. The predicted octanol–water partition coefficient (Wildman–Crippen LogP) is 2.74. The van der Waals surface area contributed by atoms with Crippen LogP contribution in [0.3, 0.4) is 0 Å². The lowest BCUT2D eigenvalue weighted by atomic mass is 9.93. The lowest BCUT2D eigenvalue weighted by Crippen LogP contribution is -2.55. The van der Waals surface area contributed by atoms with Gasteiger partial charge in [-0.05, 0) is 25.8 Å². The highest BCUT2D eigenvalue weighted by Gasteiger charge is 2.29. The fourth-order valence-electron chi connectivity index (χ4n) is 3.50. The maximum absolute atomic E-state index is 2.79. The van der Waals surface area contributed by atoms with Crippen LogP contribution >= 0.6 is 0 Å². The van der Waals surface area contributed by atoms with Crippen LogP contribution in [0, 0.1) is 0 Å². The maximum Gasteiger partial charge on any atom is 0.0221 e. The van der Waals surface area contributed by atoms with E-state index < -0.39 is 0 Å². The molecule has 2 fully saturated rings. The Morgan fingerprint density at radius 1 is 1.00 bits per heavy atom. The lowest BCUT2D eigenvalue weighted by Gasteiger charge is -2.45. The van der Waals surface area contributed by atoms with Gasteiger partial charge in [0.1, 0.15) is 0 Å². The van der Waals surface area contributed by atoms with E-state index in [1.54, 1.807) is 0 Å². The Morgan fingerprint density at radius 3 is 2.38 bits per heavy atom. The molecule has 2 rings (SSSR count). The Balaban J connectivity index is 1.87. The van der Waals surface area contributed by atoms with Gasteiger partial charge >= 0.3 is 0 Å². The molecule has 0 bridgehead atoms. The van der Waals surface area contributed by atoms with Crippen molar-refractivity contribution in [2.24, 2.45) is 0 Å². The summed E-state index contributed by atoms with van der Waals surface area (Å²) in [4.78, 5) is 5.46. The molecule has 1 heterocycles. The van der Waals surface area contributed by atoms with E-state index in [4.69, 9.17) is 0 Å². The summed E-state index contributed by atoms with van der Waals surface area (Å²) in [6.45, 7) is 9.82. The molecule has 94 valence electrons. The van der Waals surface area contributed by atoms with Crippen molar-refractivity contribution in [1.29, 1.82) is 0 Å². The summed E-state index contributed by atoms with van der Waals surface area (Å²) in [7, 11) is 0. The van der Waals surface area contributed by atoms with Gasteiger partial charge in [-0.15, -0.1) is 0 Å². The largest absolute Gasteiger partial charge is 0.298 e. The number of nitrogens with zero attached hydrogens (tertiary/aromatic N) is 2. The number of rotatable bonds is 3. The summed E-state index contributed by atoms with van der Waals surface area (Å²) < 4.78 is 0. The molecule has 0 aromatic heterocycles. The van der Waals surface area contributed by atoms with Crippen LogP contribution in [0.5, 0.6) is 0 Å². The van der Waals surface area contributed by atoms with Gasteiger partial charge in [-0.3, -0.25) is 9.80 Å². The molecule has 1 aliphatic heterocycles. The van der Waals surface area contributed by atoms with Crippen LogP contribution in [-0.2, 0) is 0 Å². The van der Waals surface area contributed by atoms with Crippen molar-refractivity contribution < 1.29 is 0 Å². The van der Waals surface area contributed by atoms with Crippen molar-refractivity contribution >= 4 is 0 Å². The van der Waals surface area contributed by atoms with Crippen LogP contribution in [0.4, 0.5) is 0 Å². The standard InChI is InChI=1S/C14H28N2/c1-3-13-12-16(11-10-15(13)4-2)14-8-6-5-7-9-14/h13-14H,3-12H2,1-2H3. The van der Waals surface area contributed by atoms with E-state index in [9.17, 15) is 0 Å². The monoisotopic (exact) mass is 224 g/mol. The van der Waals surface area contributed by atoms with Crippen LogP contribution < -0.4 is 0 Å². The van der Waals surface area contributed by atoms with Crippen molar-refractivity contribution in [3.63, 3.8) is 0 Å². The smallest absolute Gasteiger partial charge is 0.0221 e. The van der Waals surface area contributed by atoms with Gasteiger partial charge in [-0.25, -0.2) is 0 Å². The number of likely N-dealkylation sites (N-methyl/N-ethyl adjacent to an activating group) is 1. The van der Waals surface area contributed by atoms with Crippen LogP contribution in [0.25, 0.3) is 0 Å². The average Bonchev–Trinajstić information content (AvgIpc) is 2.39. The Morgan fingerprint density at radius 2 is 1.75 bits per heavy atom. The molecular formula is C14H28N2. The third kappa shape index (κ3) is 2.78. The molecule has 0 spiro atoms. The maximum atomic E-state index is 2.79. The van der Waals surface area contributed by atoms with Crippen molar-refractivity contribution in [2.45, 2.75) is 64.5 Å². The second-order valence-corrected chi connectivity index (χ2v) is 5.48. The van der Waals surface area contributed by atoms with Crippen molar-refractivity contribution in [3.8, 4) is 0 Å². The first kappa shape index (κ1) is 12.4. The molecule has 2 nitrogen and oxygen atoms in total. The van der Waals surface area contributed by atoms with Gasteiger partial charge in [0.15, 0.2) is 0 Å². The summed E-state index contributed by atoms with van der Waals surface area (Å²) in [5.74, 6) is 0. The highest BCUT2D eigenvalue weighted by molar-refractivity contribution is 4.85. The molecule has 1 unspecified atom stereocenters. The summed E-state index contributed by atoms with van der Waals surface area (Å²) in [5.41, 5.74) is 0. The SMILES string of the molecule is CCC1CN(C2CCCCC2)CCN1CC. The molecule has 0 N–H and O–H groups in total. The first-order valence-electron chi connectivity index (χ1n) is 7.33. The first-order valence-corrected chi connectivity index (χ1v) is 7.33. The van der Waals surface area contributed by atoms with Gasteiger partial charge < -0.3 is 0 Å². The molecule has 1 atom stereocenters. The molecule has 1 saturated heterocycles. The van der Waals surface area contributed by atoms with Crippen LogP contribution in [0.2, 0.25) is 0 Å². The van der Waals surface area contributed by atoms with Gasteiger partial charge in [0, 0.05) is 31.7 Å². The summed E-state index contributed by atoms with van der Waals surface area (Å²) in [6, 6.07) is 1.74. The third-order valence-corrected chi connectivity index (χ3v) is 4.60. The zero-order valence-corrected chi connectivity index (χ0v) is 11.1. The molecule has 0 aromatic carbocycles. The molecule has 0 radical (unpaired) electrons. The molecule has 1 saturated carbocycles. The highest BCUT2D eigenvalue weighted by atomic mass is 15.3. The highest BCUT2D eigenvalue weighted by Crippen LogP contribution is 2.25. The third-order valence-electron chi connectivity index (χ3n) is 4.60. The second kappa shape index (κ2) is 6.02. The fourth-order valence-corrected chi connectivity index (χ4v) is 3.50. The minimum atomic E-state index is 0.820. The summed E-state index contributed by atoms with van der Waals surface area (Å²) in [6.07, 6.45) is 8.65. The predicted molar refractivity (Wildman–Crippen MR) is 69.8 cm³/mol. The Hall–Kier alpha value is -0.0800. The van der Waals surface area contributed by atoms with E-state index >= 15 is 0 Å². The van der Waals surface area contributed by atoms with Crippen LogP contribution in [0.1, 0.15) is 52.4 Å². The quantitative estimate of drug-likeness (QED) is 0.727. The van der Waals surface area contributed by atoms with Crippen molar-refractivity contribution in [2.75, 3.05) is 26.2 Å². The lowest BCUT2D eigenvalue weighted by molar-refractivity contribution is 0.0379. The first-order chi connectivity index (χ1) is 7.85. The van der Waals surface area contributed by atoms with E-state index in [2.05, 4.69) is 23.6 Å². The molecule has 16 heavy (non-hydrogen) atoms. The van der Waals surface area contributed by atoms with E-state index in [1.165, 1.54) is 64.7 Å². The Kier molecular flexibility index (Phi) is 4.66. The van der Waals surface area contributed by atoms with Gasteiger partial charge in [0.05, 0.1) is 0 Å². The summed E-state index contributed by atoms with van der Waals surface area (Å²) >= 11 is 0. The fraction of sp³-hybridized carbons (Fsp3) is 1.00. The molecule has 0 amide bonds. The number of piperazine rings is 1. The molecule has 0 aromatic rings. The van der Waals surface area contributed by atoms with Gasteiger partial charge in [-0.1, -0.05) is 33.1 Å². The van der Waals surface area contributed by atoms with E-state index in [1.807, 2.05) is 0 Å². The van der Waals surface area contributed by atoms with E-state index in [0.29, 0.717) is 0 Å². The van der Waals surface area contributed by atoms with Gasteiger partial charge in [0.25, 0.3) is 0 Å². The van der Waals surface area contributed by atoms with Crippen molar-refractivity contribution in [3.05, 3.63) is 0 Å². The minimum Gasteiger partial charge on any atom is -0.298 e. The normalized spacial score (nSPS) is 30.8. The topological polar surface area (TPSA) is 6.48 Å². The second-order valence-electron chi connectivity index (χ2n) is 5.48. The molecule has 2 heteroatoms. The van der Waals surface area contributed by atoms with Gasteiger partial charge in [0.2, 0.25) is 0 Å². The zero-order valence-electron chi connectivity index (χ0n) is 11.1. The number of hydrogen-bond donors (Lipinski definition) is 0. The molecule has 1 aliphatic carbocycles. The van der Waals surface area contributed by atoms with E-state index in [-0.39, 0.29) is 0 Å². The number of hydrogen-bond acceptors (Lipinski definition) is 2. The van der Waals surface area contributed by atoms with Crippen molar-refractivity contribution in [1.82, 2.24) is 9.80 Å². The zero-order chi connectivity index (χ0) is 11.4. The van der Waals surface area contributed by atoms with Crippen LogP contribution in [0.15, 0.2) is 0 Å². The molecular weight excluding hydrogens is 196 g/mol. The Labute approximate surface area is 101 Å².